The molecule has 1 rings (SSSR count). The molecule has 6 heteroatoms. The zero-order chi connectivity index (χ0) is 15.2. The molecule has 20 heavy (non-hydrogen) atoms. The third-order valence-electron chi connectivity index (χ3n) is 2.83. The molecule has 1 atom stereocenters. The molecule has 0 heterocycles. The number of hydrogen-bond acceptors (Lipinski definition) is 5. The number of ether oxygens (including phenoxy) is 3. The van der Waals surface area contributed by atoms with Crippen molar-refractivity contribution in [1.29, 1.82) is 0 Å². The molecule has 1 saturated carbocycles. The van der Waals surface area contributed by atoms with Crippen LogP contribution in [0.4, 0.5) is 4.79 Å². The van der Waals surface area contributed by atoms with Crippen molar-refractivity contribution < 1.29 is 23.8 Å². The Bertz CT molecular complexity index is 333. The number of hydrogen-bond donors (Lipinski definition) is 1. The number of carbonyl (C=O) groups excluding carboxylic acids is 2. The molecule has 1 unspecified atom stereocenters. The number of nitrogens with one attached hydrogen (secondary N) is 1. The van der Waals surface area contributed by atoms with E-state index < -0.39 is 23.7 Å². The average molecular weight is 287 g/mol. The molecule has 0 radical (unpaired) electrons. The molecule has 0 aliphatic heterocycles. The van der Waals surface area contributed by atoms with Gasteiger partial charge in [-0.15, -0.1) is 0 Å². The first kappa shape index (κ1) is 16.8. The highest BCUT2D eigenvalue weighted by atomic mass is 16.6. The first-order valence-corrected chi connectivity index (χ1v) is 6.97. The minimum atomic E-state index is -0.839. The van der Waals surface area contributed by atoms with E-state index in [1.807, 2.05) is 0 Å². The molecular formula is C14H25NO5. The Morgan fingerprint density at radius 1 is 1.30 bits per heavy atom. The van der Waals surface area contributed by atoms with E-state index in [-0.39, 0.29) is 6.61 Å². The van der Waals surface area contributed by atoms with Gasteiger partial charge in [-0.3, -0.25) is 0 Å². The highest BCUT2D eigenvalue weighted by molar-refractivity contribution is 5.81. The highest BCUT2D eigenvalue weighted by Gasteiger charge is 2.26. The van der Waals surface area contributed by atoms with Crippen LogP contribution in [0, 0.1) is 5.92 Å². The third kappa shape index (κ3) is 7.33. The molecule has 0 aromatic heterocycles. The maximum absolute atomic E-state index is 11.6. The van der Waals surface area contributed by atoms with Crippen molar-refractivity contribution in [2.75, 3.05) is 20.3 Å². The maximum Gasteiger partial charge on any atom is 0.408 e. The van der Waals surface area contributed by atoms with Crippen molar-refractivity contribution in [1.82, 2.24) is 5.32 Å². The summed E-state index contributed by atoms with van der Waals surface area (Å²) in [7, 11) is 1.27. The average Bonchev–Trinajstić information content (AvgIpc) is 3.13. The van der Waals surface area contributed by atoms with Crippen molar-refractivity contribution in [2.45, 2.75) is 51.7 Å². The summed E-state index contributed by atoms with van der Waals surface area (Å²) >= 11 is 0. The van der Waals surface area contributed by atoms with Gasteiger partial charge in [0, 0.05) is 6.61 Å². The maximum atomic E-state index is 11.6. The van der Waals surface area contributed by atoms with Crippen LogP contribution in [0.5, 0.6) is 0 Å². The smallest absolute Gasteiger partial charge is 0.408 e. The lowest BCUT2D eigenvalue weighted by molar-refractivity contribution is -0.144. The van der Waals surface area contributed by atoms with Crippen molar-refractivity contribution in [2.24, 2.45) is 5.92 Å². The summed E-state index contributed by atoms with van der Waals surface area (Å²) in [4.78, 5) is 23.2. The quantitative estimate of drug-likeness (QED) is 0.571. The van der Waals surface area contributed by atoms with Gasteiger partial charge in [0.05, 0.1) is 13.7 Å². The first-order chi connectivity index (χ1) is 9.31. The van der Waals surface area contributed by atoms with E-state index in [1.54, 1.807) is 20.8 Å². The molecule has 0 spiro atoms. The monoisotopic (exact) mass is 287 g/mol. The van der Waals surface area contributed by atoms with Crippen LogP contribution in [0.3, 0.4) is 0 Å². The minimum Gasteiger partial charge on any atom is -0.467 e. The van der Waals surface area contributed by atoms with Gasteiger partial charge in [0.15, 0.2) is 6.04 Å². The molecule has 0 bridgehead atoms. The fourth-order valence-electron chi connectivity index (χ4n) is 1.62. The number of esters is 1. The number of alkyl carbamates (subject to hydrolysis) is 1. The summed E-state index contributed by atoms with van der Waals surface area (Å²) in [5.41, 5.74) is -0.614. The van der Waals surface area contributed by atoms with Gasteiger partial charge in [-0.1, -0.05) is 12.8 Å². The SMILES string of the molecule is COC(=O)C(COCCC1CC1)NC(=O)OC(C)(C)C. The van der Waals surface area contributed by atoms with Gasteiger partial charge >= 0.3 is 12.1 Å². The van der Waals surface area contributed by atoms with E-state index in [0.29, 0.717) is 6.61 Å². The Labute approximate surface area is 120 Å². The van der Waals surface area contributed by atoms with E-state index in [2.05, 4.69) is 10.1 Å². The van der Waals surface area contributed by atoms with Crippen LogP contribution in [0.1, 0.15) is 40.0 Å². The van der Waals surface area contributed by atoms with Gasteiger partial charge in [0.25, 0.3) is 0 Å². The number of carbonyl (C=O) groups is 2. The summed E-state index contributed by atoms with van der Waals surface area (Å²) in [6, 6.07) is -0.839. The van der Waals surface area contributed by atoms with Crippen molar-refractivity contribution >= 4 is 12.1 Å². The Balaban J connectivity index is 2.33. The molecule has 0 saturated heterocycles. The Morgan fingerprint density at radius 3 is 2.45 bits per heavy atom. The standard InChI is InChI=1S/C14H25NO5/c1-14(2,3)20-13(17)15-11(12(16)18-4)9-19-8-7-10-5-6-10/h10-11H,5-9H2,1-4H3,(H,15,17). The highest BCUT2D eigenvalue weighted by Crippen LogP contribution is 2.32. The largest absolute Gasteiger partial charge is 0.467 e. The third-order valence-corrected chi connectivity index (χ3v) is 2.83. The van der Waals surface area contributed by atoms with Crippen LogP contribution in [0.15, 0.2) is 0 Å². The second-order valence-electron chi connectivity index (χ2n) is 6.03. The normalized spacial score (nSPS) is 16.4. The molecule has 116 valence electrons. The number of methoxy groups -OCH3 is 1. The molecule has 6 nitrogen and oxygen atoms in total. The van der Waals surface area contributed by atoms with Crippen LogP contribution in [0.25, 0.3) is 0 Å². The Kier molecular flexibility index (Phi) is 6.26. The fourth-order valence-corrected chi connectivity index (χ4v) is 1.62. The van der Waals surface area contributed by atoms with Crippen LogP contribution in [-0.4, -0.2) is 44.0 Å². The zero-order valence-corrected chi connectivity index (χ0v) is 12.7. The molecular weight excluding hydrogens is 262 g/mol. The lowest BCUT2D eigenvalue weighted by Crippen LogP contribution is -2.46. The summed E-state index contributed by atoms with van der Waals surface area (Å²) in [6.07, 6.45) is 2.87. The fraction of sp³-hybridized carbons (Fsp3) is 0.857. The van der Waals surface area contributed by atoms with E-state index in [9.17, 15) is 9.59 Å². The van der Waals surface area contributed by atoms with E-state index in [1.165, 1.54) is 20.0 Å². The van der Waals surface area contributed by atoms with Gasteiger partial charge in [-0.2, -0.15) is 0 Å². The lowest BCUT2D eigenvalue weighted by Gasteiger charge is -2.22. The van der Waals surface area contributed by atoms with Crippen molar-refractivity contribution in [3.05, 3.63) is 0 Å². The second kappa shape index (κ2) is 7.47. The van der Waals surface area contributed by atoms with Gasteiger partial charge in [0.2, 0.25) is 0 Å². The van der Waals surface area contributed by atoms with E-state index in [4.69, 9.17) is 9.47 Å². The van der Waals surface area contributed by atoms with Crippen LogP contribution < -0.4 is 5.32 Å². The van der Waals surface area contributed by atoms with E-state index >= 15 is 0 Å². The summed E-state index contributed by atoms with van der Waals surface area (Å²) < 4.78 is 15.2. The molecule has 0 aromatic carbocycles. The molecule has 0 aromatic rings. The zero-order valence-electron chi connectivity index (χ0n) is 12.7. The molecule has 1 amide bonds. The lowest BCUT2D eigenvalue weighted by atomic mass is 10.2. The van der Waals surface area contributed by atoms with E-state index in [0.717, 1.165) is 12.3 Å². The van der Waals surface area contributed by atoms with Gasteiger partial charge in [-0.05, 0) is 33.1 Å². The van der Waals surface area contributed by atoms with Crippen LogP contribution in [0.2, 0.25) is 0 Å². The van der Waals surface area contributed by atoms with Crippen LogP contribution >= 0.6 is 0 Å². The predicted octanol–water partition coefficient (Wildman–Crippen LogP) is 1.87. The Morgan fingerprint density at radius 2 is 1.95 bits per heavy atom. The van der Waals surface area contributed by atoms with Gasteiger partial charge in [-0.25, -0.2) is 9.59 Å². The molecule has 1 fully saturated rings. The minimum absolute atomic E-state index is 0.0959. The molecule has 1 aliphatic carbocycles. The topological polar surface area (TPSA) is 73.9 Å². The van der Waals surface area contributed by atoms with Gasteiger partial charge in [0.1, 0.15) is 5.60 Å². The molecule has 1 aliphatic rings. The number of rotatable bonds is 7. The molecule has 1 N–H and O–H groups in total. The predicted molar refractivity (Wildman–Crippen MR) is 73.3 cm³/mol. The summed E-state index contributed by atoms with van der Waals surface area (Å²) in [5, 5.41) is 2.47. The Hall–Kier alpha value is -1.30. The number of amides is 1. The van der Waals surface area contributed by atoms with Crippen molar-refractivity contribution in [3.63, 3.8) is 0 Å². The summed E-state index contributed by atoms with van der Waals surface area (Å²) in [6.45, 7) is 5.95. The van der Waals surface area contributed by atoms with Crippen molar-refractivity contribution in [3.8, 4) is 0 Å². The van der Waals surface area contributed by atoms with Crippen LogP contribution in [-0.2, 0) is 19.0 Å². The van der Waals surface area contributed by atoms with Gasteiger partial charge < -0.3 is 19.5 Å². The second-order valence-corrected chi connectivity index (χ2v) is 6.03. The summed E-state index contributed by atoms with van der Waals surface area (Å²) in [5.74, 6) is 0.229. The first-order valence-electron chi connectivity index (χ1n) is 6.97.